The Hall–Kier alpha value is -2.84. The number of hydrogen-bond donors (Lipinski definition) is 3. The van der Waals surface area contributed by atoms with Crippen molar-refractivity contribution in [3.8, 4) is 5.75 Å². The van der Waals surface area contributed by atoms with E-state index in [0.29, 0.717) is 36.3 Å². The lowest BCUT2D eigenvalue weighted by Crippen LogP contribution is -2.34. The number of benzene rings is 2. The summed E-state index contributed by atoms with van der Waals surface area (Å²) < 4.78 is 20.1. The first kappa shape index (κ1) is 24.8. The molecule has 1 aliphatic rings. The maximum Gasteiger partial charge on any atom is 0.306 e. The highest BCUT2D eigenvalue weighted by Gasteiger charge is 2.27. The molecule has 0 unspecified atom stereocenters. The van der Waals surface area contributed by atoms with E-state index < -0.39 is 17.7 Å². The molecule has 176 valence electrons. The summed E-state index contributed by atoms with van der Waals surface area (Å²) in [6, 6.07) is 8.42. The molecule has 0 aliphatic heterocycles. The van der Waals surface area contributed by atoms with Crippen LogP contribution in [0.5, 0.6) is 5.75 Å². The summed E-state index contributed by atoms with van der Waals surface area (Å²) >= 11 is 11.7. The first-order valence-corrected chi connectivity index (χ1v) is 11.2. The highest BCUT2D eigenvalue weighted by Crippen LogP contribution is 2.29. The number of carboxylic acids is 1. The maximum atomic E-state index is 14.4. The number of amides is 2. The highest BCUT2D eigenvalue weighted by molar-refractivity contribution is 6.42. The van der Waals surface area contributed by atoms with Crippen LogP contribution >= 0.6 is 23.2 Å². The SMILES string of the molecule is O=C(NCCNC(=O)c1ccc(Cl)c(Cl)c1)c1ccc(OC2CCC(C(=O)O)CC2)c(F)c1. The number of nitrogens with one attached hydrogen (secondary N) is 2. The van der Waals surface area contributed by atoms with Gasteiger partial charge >= 0.3 is 5.97 Å². The Balaban J connectivity index is 1.44. The van der Waals surface area contributed by atoms with Crippen LogP contribution in [-0.4, -0.2) is 42.1 Å². The molecule has 2 aromatic rings. The number of hydrogen-bond acceptors (Lipinski definition) is 4. The van der Waals surface area contributed by atoms with Crippen LogP contribution in [0.1, 0.15) is 46.4 Å². The smallest absolute Gasteiger partial charge is 0.306 e. The van der Waals surface area contributed by atoms with Crippen LogP contribution < -0.4 is 15.4 Å². The minimum atomic E-state index is -0.816. The van der Waals surface area contributed by atoms with E-state index in [2.05, 4.69) is 10.6 Å². The van der Waals surface area contributed by atoms with Crippen molar-refractivity contribution in [2.75, 3.05) is 13.1 Å². The van der Waals surface area contributed by atoms with E-state index in [4.69, 9.17) is 33.0 Å². The molecule has 2 aromatic carbocycles. The van der Waals surface area contributed by atoms with Crippen LogP contribution in [0.15, 0.2) is 36.4 Å². The van der Waals surface area contributed by atoms with Gasteiger partial charge in [0.2, 0.25) is 0 Å². The molecule has 0 aromatic heterocycles. The van der Waals surface area contributed by atoms with Crippen molar-refractivity contribution in [3.63, 3.8) is 0 Å². The second-order valence-electron chi connectivity index (χ2n) is 7.72. The first-order valence-electron chi connectivity index (χ1n) is 10.4. The normalized spacial score (nSPS) is 17.8. The molecule has 1 saturated carbocycles. The van der Waals surface area contributed by atoms with Crippen molar-refractivity contribution >= 4 is 41.0 Å². The molecule has 0 bridgehead atoms. The highest BCUT2D eigenvalue weighted by atomic mass is 35.5. The second kappa shape index (κ2) is 11.3. The fourth-order valence-corrected chi connectivity index (χ4v) is 3.84. The topological polar surface area (TPSA) is 105 Å². The van der Waals surface area contributed by atoms with Gasteiger partial charge in [-0.25, -0.2) is 4.39 Å². The Labute approximate surface area is 200 Å². The van der Waals surface area contributed by atoms with Crippen LogP contribution in [0.3, 0.4) is 0 Å². The van der Waals surface area contributed by atoms with E-state index in [1.807, 2.05) is 0 Å². The summed E-state index contributed by atoms with van der Waals surface area (Å²) in [6.45, 7) is 0.298. The van der Waals surface area contributed by atoms with Crippen LogP contribution in [0.2, 0.25) is 10.0 Å². The van der Waals surface area contributed by atoms with Crippen molar-refractivity contribution in [2.24, 2.45) is 5.92 Å². The number of aliphatic carboxylic acids is 1. The van der Waals surface area contributed by atoms with Crippen molar-refractivity contribution in [1.29, 1.82) is 0 Å². The fourth-order valence-electron chi connectivity index (χ4n) is 3.54. The van der Waals surface area contributed by atoms with Crippen LogP contribution in [0.25, 0.3) is 0 Å². The number of carbonyl (C=O) groups excluding carboxylic acids is 2. The van der Waals surface area contributed by atoms with Gasteiger partial charge in [0.15, 0.2) is 11.6 Å². The maximum absolute atomic E-state index is 14.4. The quantitative estimate of drug-likeness (QED) is 0.472. The third-order valence-corrected chi connectivity index (χ3v) is 6.13. The summed E-state index contributed by atoms with van der Waals surface area (Å²) in [4.78, 5) is 35.4. The number of carbonyl (C=O) groups is 3. The molecule has 3 rings (SSSR count). The minimum absolute atomic E-state index is 0.0270. The number of carboxylic acid groups (broad SMARTS) is 1. The van der Waals surface area contributed by atoms with E-state index in [0.717, 1.165) is 6.07 Å². The van der Waals surface area contributed by atoms with E-state index in [1.165, 1.54) is 30.3 Å². The molecule has 0 radical (unpaired) electrons. The van der Waals surface area contributed by atoms with Crippen molar-refractivity contribution in [2.45, 2.75) is 31.8 Å². The second-order valence-corrected chi connectivity index (χ2v) is 8.53. The van der Waals surface area contributed by atoms with E-state index in [-0.39, 0.29) is 47.4 Å². The zero-order valence-electron chi connectivity index (χ0n) is 17.6. The van der Waals surface area contributed by atoms with Crippen LogP contribution in [0.4, 0.5) is 4.39 Å². The number of rotatable bonds is 8. The minimum Gasteiger partial charge on any atom is -0.487 e. The molecule has 7 nitrogen and oxygen atoms in total. The fraction of sp³-hybridized carbons (Fsp3) is 0.348. The van der Waals surface area contributed by atoms with Crippen LogP contribution in [0, 0.1) is 11.7 Å². The van der Waals surface area contributed by atoms with Gasteiger partial charge < -0.3 is 20.5 Å². The number of ether oxygens (including phenoxy) is 1. The molecule has 0 atom stereocenters. The van der Waals surface area contributed by atoms with Crippen molar-refractivity contribution in [3.05, 3.63) is 63.4 Å². The zero-order valence-corrected chi connectivity index (χ0v) is 19.1. The van der Waals surface area contributed by atoms with Gasteiger partial charge in [0, 0.05) is 24.2 Å². The molecule has 0 saturated heterocycles. The Morgan fingerprint density at radius 3 is 2.03 bits per heavy atom. The molecule has 2 amide bonds. The molecule has 1 fully saturated rings. The predicted molar refractivity (Wildman–Crippen MR) is 122 cm³/mol. The van der Waals surface area contributed by atoms with E-state index in [1.54, 1.807) is 0 Å². The summed E-state index contributed by atoms with van der Waals surface area (Å²) in [5, 5.41) is 14.9. The lowest BCUT2D eigenvalue weighted by Gasteiger charge is -2.27. The van der Waals surface area contributed by atoms with E-state index >= 15 is 0 Å². The van der Waals surface area contributed by atoms with Gasteiger partial charge in [0.05, 0.1) is 22.1 Å². The van der Waals surface area contributed by atoms with Gasteiger partial charge in [-0.3, -0.25) is 14.4 Å². The largest absolute Gasteiger partial charge is 0.487 e. The summed E-state index contributed by atoms with van der Waals surface area (Å²) in [6.07, 6.45) is 1.79. The lowest BCUT2D eigenvalue weighted by molar-refractivity contribution is -0.143. The monoisotopic (exact) mass is 496 g/mol. The molecule has 3 N–H and O–H groups in total. The molecule has 10 heteroatoms. The lowest BCUT2D eigenvalue weighted by atomic mass is 9.87. The summed E-state index contributed by atoms with van der Waals surface area (Å²) in [7, 11) is 0. The van der Waals surface area contributed by atoms with Gasteiger partial charge in [-0.15, -0.1) is 0 Å². The van der Waals surface area contributed by atoms with Gasteiger partial charge in [0.25, 0.3) is 11.8 Å². The van der Waals surface area contributed by atoms with Gasteiger partial charge in [-0.2, -0.15) is 0 Å². The Morgan fingerprint density at radius 1 is 0.909 bits per heavy atom. The average molecular weight is 497 g/mol. The Kier molecular flexibility index (Phi) is 8.52. The van der Waals surface area contributed by atoms with E-state index in [9.17, 15) is 18.8 Å². The summed E-state index contributed by atoms with van der Waals surface area (Å²) in [5.74, 6) is -2.70. The van der Waals surface area contributed by atoms with Gasteiger partial charge in [-0.1, -0.05) is 23.2 Å². The molecule has 33 heavy (non-hydrogen) atoms. The predicted octanol–water partition coefficient (Wildman–Crippen LogP) is 4.31. The molecule has 0 heterocycles. The average Bonchev–Trinajstić information content (AvgIpc) is 2.79. The Morgan fingerprint density at radius 2 is 1.48 bits per heavy atom. The molecular formula is C23H23Cl2FN2O5. The third kappa shape index (κ3) is 6.82. The van der Waals surface area contributed by atoms with Gasteiger partial charge in [-0.05, 0) is 62.1 Å². The first-order chi connectivity index (χ1) is 15.7. The third-order valence-electron chi connectivity index (χ3n) is 5.39. The van der Waals surface area contributed by atoms with Gasteiger partial charge in [0.1, 0.15) is 0 Å². The number of halogens is 3. The standard InChI is InChI=1S/C23H23Cl2FN2O5/c24-17-7-3-14(11-18(17)25)21(29)27-9-10-28-22(30)15-4-8-20(19(26)12-15)33-16-5-1-13(2-6-16)23(31)32/h3-4,7-8,11-13,16H,1-2,5-6,9-10H2,(H,27,29)(H,28,30)(H,31,32). The molecular weight excluding hydrogens is 474 g/mol. The summed E-state index contributed by atoms with van der Waals surface area (Å²) in [5.41, 5.74) is 0.454. The molecule has 0 spiro atoms. The van der Waals surface area contributed by atoms with Crippen molar-refractivity contribution < 1.29 is 28.6 Å². The van der Waals surface area contributed by atoms with Crippen LogP contribution in [-0.2, 0) is 4.79 Å². The van der Waals surface area contributed by atoms with Crippen molar-refractivity contribution in [1.82, 2.24) is 10.6 Å². The molecule has 1 aliphatic carbocycles. The zero-order chi connectivity index (χ0) is 24.0. The Bertz CT molecular complexity index is 1040.